The summed E-state index contributed by atoms with van der Waals surface area (Å²) >= 11 is 5.93. The SMILES string of the molecule is O=C(COC(=O)COc1ccccc1Cl)NC1CCCCCCC1. The maximum absolute atomic E-state index is 11.9. The van der Waals surface area contributed by atoms with Crippen LogP contribution in [-0.4, -0.2) is 31.1 Å². The first-order chi connectivity index (χ1) is 11.6. The maximum Gasteiger partial charge on any atom is 0.344 e. The minimum Gasteiger partial charge on any atom is -0.480 e. The second-order valence-corrected chi connectivity index (χ2v) is 6.40. The molecule has 0 radical (unpaired) electrons. The summed E-state index contributed by atoms with van der Waals surface area (Å²) in [6, 6.07) is 7.06. The van der Waals surface area contributed by atoms with Gasteiger partial charge >= 0.3 is 5.97 Å². The fraction of sp³-hybridized carbons (Fsp3) is 0.556. The molecule has 1 aromatic rings. The Balaban J connectivity index is 1.65. The van der Waals surface area contributed by atoms with Crippen molar-refractivity contribution in [2.45, 2.75) is 51.0 Å². The van der Waals surface area contributed by atoms with Crippen molar-refractivity contribution in [2.24, 2.45) is 0 Å². The molecule has 0 atom stereocenters. The number of nitrogens with one attached hydrogen (secondary N) is 1. The first-order valence-corrected chi connectivity index (χ1v) is 8.85. The van der Waals surface area contributed by atoms with Gasteiger partial charge in [0.2, 0.25) is 0 Å². The molecular weight excluding hydrogens is 330 g/mol. The first-order valence-electron chi connectivity index (χ1n) is 8.47. The molecule has 1 N–H and O–H groups in total. The van der Waals surface area contributed by atoms with Gasteiger partial charge in [-0.3, -0.25) is 4.79 Å². The van der Waals surface area contributed by atoms with E-state index in [-0.39, 0.29) is 25.2 Å². The molecule has 6 heteroatoms. The number of carbonyl (C=O) groups excluding carboxylic acids is 2. The zero-order valence-electron chi connectivity index (χ0n) is 13.8. The van der Waals surface area contributed by atoms with E-state index in [1.807, 2.05) is 0 Å². The van der Waals surface area contributed by atoms with Crippen LogP contribution < -0.4 is 10.1 Å². The molecule has 1 aliphatic rings. The molecule has 0 heterocycles. The largest absolute Gasteiger partial charge is 0.480 e. The number of esters is 1. The van der Waals surface area contributed by atoms with E-state index in [9.17, 15) is 9.59 Å². The topological polar surface area (TPSA) is 64.6 Å². The van der Waals surface area contributed by atoms with E-state index in [0.29, 0.717) is 10.8 Å². The number of amides is 1. The number of hydrogen-bond donors (Lipinski definition) is 1. The van der Waals surface area contributed by atoms with Gasteiger partial charge in [0, 0.05) is 6.04 Å². The second-order valence-electron chi connectivity index (χ2n) is 5.99. The van der Waals surface area contributed by atoms with Crippen LogP contribution in [0, 0.1) is 0 Å². The molecule has 0 unspecified atom stereocenters. The third-order valence-electron chi connectivity index (χ3n) is 4.02. The van der Waals surface area contributed by atoms with Crippen LogP contribution in [0.25, 0.3) is 0 Å². The van der Waals surface area contributed by atoms with E-state index >= 15 is 0 Å². The molecule has 2 rings (SSSR count). The fourth-order valence-corrected chi connectivity index (χ4v) is 2.95. The molecule has 132 valence electrons. The summed E-state index contributed by atoms with van der Waals surface area (Å²) in [7, 11) is 0. The summed E-state index contributed by atoms with van der Waals surface area (Å²) in [6.45, 7) is -0.554. The number of hydrogen-bond acceptors (Lipinski definition) is 4. The Kier molecular flexibility index (Phi) is 7.89. The fourth-order valence-electron chi connectivity index (χ4n) is 2.76. The van der Waals surface area contributed by atoms with Crippen molar-refractivity contribution < 1.29 is 19.1 Å². The molecule has 1 saturated carbocycles. The van der Waals surface area contributed by atoms with E-state index in [2.05, 4.69) is 5.32 Å². The van der Waals surface area contributed by atoms with Gasteiger partial charge in [-0.25, -0.2) is 4.79 Å². The van der Waals surface area contributed by atoms with Gasteiger partial charge in [-0.1, -0.05) is 55.8 Å². The first kappa shape index (κ1) is 18.6. The number of carbonyl (C=O) groups is 2. The number of ether oxygens (including phenoxy) is 2. The van der Waals surface area contributed by atoms with Crippen LogP contribution in [0.15, 0.2) is 24.3 Å². The maximum atomic E-state index is 11.9. The molecule has 0 aromatic heterocycles. The zero-order chi connectivity index (χ0) is 17.2. The van der Waals surface area contributed by atoms with Crippen LogP contribution in [0.2, 0.25) is 5.02 Å². The van der Waals surface area contributed by atoms with Gasteiger partial charge in [0.15, 0.2) is 13.2 Å². The highest BCUT2D eigenvalue weighted by atomic mass is 35.5. The smallest absolute Gasteiger partial charge is 0.344 e. The van der Waals surface area contributed by atoms with E-state index in [1.165, 1.54) is 19.3 Å². The molecule has 5 nitrogen and oxygen atoms in total. The van der Waals surface area contributed by atoms with Crippen molar-refractivity contribution in [3.8, 4) is 5.75 Å². The number of benzene rings is 1. The van der Waals surface area contributed by atoms with Gasteiger partial charge in [0.1, 0.15) is 5.75 Å². The lowest BCUT2D eigenvalue weighted by atomic mass is 9.97. The quantitative estimate of drug-likeness (QED) is 0.795. The molecule has 1 fully saturated rings. The minimum atomic E-state index is -0.595. The molecule has 0 spiro atoms. The molecule has 0 saturated heterocycles. The Labute approximate surface area is 147 Å². The number of halogens is 1. The Hall–Kier alpha value is -1.75. The van der Waals surface area contributed by atoms with Gasteiger partial charge in [0.05, 0.1) is 5.02 Å². The van der Waals surface area contributed by atoms with Crippen molar-refractivity contribution in [1.29, 1.82) is 0 Å². The number of rotatable bonds is 6. The van der Waals surface area contributed by atoms with Crippen LogP contribution in [0.4, 0.5) is 0 Å². The average molecular weight is 354 g/mol. The van der Waals surface area contributed by atoms with Crippen LogP contribution >= 0.6 is 11.6 Å². The summed E-state index contributed by atoms with van der Waals surface area (Å²) in [5.41, 5.74) is 0. The van der Waals surface area contributed by atoms with Crippen LogP contribution in [0.1, 0.15) is 44.9 Å². The van der Waals surface area contributed by atoms with E-state index in [4.69, 9.17) is 21.1 Å². The third kappa shape index (κ3) is 6.79. The molecule has 0 aliphatic heterocycles. The predicted octanol–water partition coefficient (Wildman–Crippen LogP) is 3.49. The molecule has 24 heavy (non-hydrogen) atoms. The minimum absolute atomic E-state index is 0.191. The summed E-state index contributed by atoms with van der Waals surface area (Å²) in [5.74, 6) is -0.440. The molecule has 1 amide bonds. The molecular formula is C18H24ClNO4. The van der Waals surface area contributed by atoms with Gasteiger partial charge < -0.3 is 14.8 Å². The van der Waals surface area contributed by atoms with Gasteiger partial charge in [-0.05, 0) is 25.0 Å². The lowest BCUT2D eigenvalue weighted by Gasteiger charge is -2.20. The van der Waals surface area contributed by atoms with Crippen LogP contribution in [-0.2, 0) is 14.3 Å². The average Bonchev–Trinajstić information content (AvgIpc) is 2.54. The summed E-state index contributed by atoms with van der Waals surface area (Å²) in [4.78, 5) is 23.5. The van der Waals surface area contributed by atoms with Crippen LogP contribution in [0.5, 0.6) is 5.75 Å². The predicted molar refractivity (Wildman–Crippen MR) is 92.2 cm³/mol. The van der Waals surface area contributed by atoms with Gasteiger partial charge in [0.25, 0.3) is 5.91 Å². The van der Waals surface area contributed by atoms with E-state index in [0.717, 1.165) is 25.7 Å². The Morgan fingerprint density at radius 3 is 2.42 bits per heavy atom. The zero-order valence-corrected chi connectivity index (χ0v) is 14.5. The highest BCUT2D eigenvalue weighted by Crippen LogP contribution is 2.22. The Morgan fingerprint density at radius 1 is 1.04 bits per heavy atom. The van der Waals surface area contributed by atoms with Crippen molar-refractivity contribution in [2.75, 3.05) is 13.2 Å². The Morgan fingerprint density at radius 2 is 1.71 bits per heavy atom. The normalized spacial score (nSPS) is 15.9. The number of para-hydroxylation sites is 1. The lowest BCUT2D eigenvalue weighted by Crippen LogP contribution is -2.38. The van der Waals surface area contributed by atoms with Crippen LogP contribution in [0.3, 0.4) is 0 Å². The third-order valence-corrected chi connectivity index (χ3v) is 4.33. The summed E-state index contributed by atoms with van der Waals surface area (Å²) in [5, 5.41) is 3.37. The van der Waals surface area contributed by atoms with E-state index in [1.54, 1.807) is 24.3 Å². The Bertz CT molecular complexity index is 542. The second kappa shape index (κ2) is 10.2. The standard InChI is InChI=1S/C18H24ClNO4/c19-15-10-6-7-11-16(15)23-13-18(22)24-12-17(21)20-14-8-4-2-1-3-5-9-14/h6-7,10-11,14H,1-5,8-9,12-13H2,(H,20,21). The van der Waals surface area contributed by atoms with Crippen molar-refractivity contribution in [3.63, 3.8) is 0 Å². The summed E-state index contributed by atoms with van der Waals surface area (Å²) < 4.78 is 10.2. The highest BCUT2D eigenvalue weighted by Gasteiger charge is 2.15. The molecule has 0 bridgehead atoms. The van der Waals surface area contributed by atoms with E-state index < -0.39 is 5.97 Å². The molecule has 1 aliphatic carbocycles. The summed E-state index contributed by atoms with van der Waals surface area (Å²) in [6.07, 6.45) is 7.99. The van der Waals surface area contributed by atoms with Crippen molar-refractivity contribution in [1.82, 2.24) is 5.32 Å². The van der Waals surface area contributed by atoms with Gasteiger partial charge in [-0.15, -0.1) is 0 Å². The van der Waals surface area contributed by atoms with Crippen molar-refractivity contribution in [3.05, 3.63) is 29.3 Å². The highest BCUT2D eigenvalue weighted by molar-refractivity contribution is 6.32. The molecule has 1 aromatic carbocycles. The lowest BCUT2D eigenvalue weighted by molar-refractivity contribution is -0.150. The van der Waals surface area contributed by atoms with Gasteiger partial charge in [-0.2, -0.15) is 0 Å². The monoisotopic (exact) mass is 353 g/mol. The van der Waals surface area contributed by atoms with Crippen molar-refractivity contribution >= 4 is 23.5 Å².